The zero-order valence-electron chi connectivity index (χ0n) is 10.0. The molecule has 1 aromatic rings. The largest absolute Gasteiger partial charge is 0.371 e. The Morgan fingerprint density at radius 1 is 1.65 bits per heavy atom. The summed E-state index contributed by atoms with van der Waals surface area (Å²) in [7, 11) is 1.58. The Morgan fingerprint density at radius 2 is 2.35 bits per heavy atom. The molecule has 0 unspecified atom stereocenters. The van der Waals surface area contributed by atoms with E-state index in [0.29, 0.717) is 6.54 Å². The molecule has 0 aromatic carbocycles. The van der Waals surface area contributed by atoms with Crippen LogP contribution in [-0.2, 0) is 0 Å². The zero-order chi connectivity index (χ0) is 12.4. The average molecular weight is 237 g/mol. The number of pyridine rings is 1. The van der Waals surface area contributed by atoms with Crippen LogP contribution >= 0.6 is 0 Å². The summed E-state index contributed by atoms with van der Waals surface area (Å²) in [5, 5.41) is 2.64. The SMILES string of the molecule is CCN(C(=O)c1ccnc(NC)c1F)C1CC1. The van der Waals surface area contributed by atoms with Crippen molar-refractivity contribution in [2.45, 2.75) is 25.8 Å². The van der Waals surface area contributed by atoms with Crippen LogP contribution < -0.4 is 5.32 Å². The van der Waals surface area contributed by atoms with E-state index in [-0.39, 0.29) is 23.3 Å². The van der Waals surface area contributed by atoms with Crippen molar-refractivity contribution < 1.29 is 9.18 Å². The summed E-state index contributed by atoms with van der Waals surface area (Å²) < 4.78 is 13.9. The van der Waals surface area contributed by atoms with E-state index in [1.807, 2.05) is 6.92 Å². The van der Waals surface area contributed by atoms with Gasteiger partial charge in [-0.05, 0) is 25.8 Å². The number of halogens is 1. The second-order valence-electron chi connectivity index (χ2n) is 4.09. The summed E-state index contributed by atoms with van der Waals surface area (Å²) in [6.07, 6.45) is 3.49. The topological polar surface area (TPSA) is 45.2 Å². The molecule has 4 nitrogen and oxygen atoms in total. The number of nitrogens with zero attached hydrogens (tertiary/aromatic N) is 2. The Hall–Kier alpha value is -1.65. The number of anilines is 1. The van der Waals surface area contributed by atoms with E-state index in [9.17, 15) is 9.18 Å². The monoisotopic (exact) mass is 237 g/mol. The van der Waals surface area contributed by atoms with E-state index in [1.165, 1.54) is 12.3 Å². The standard InChI is InChI=1S/C12H16FN3O/c1-3-16(8-4-5-8)12(17)9-6-7-15-11(14-2)10(9)13/h6-8H,3-5H2,1-2H3,(H,14,15). The van der Waals surface area contributed by atoms with Gasteiger partial charge in [-0.2, -0.15) is 0 Å². The molecule has 1 amide bonds. The second kappa shape index (κ2) is 4.69. The van der Waals surface area contributed by atoms with E-state index >= 15 is 0 Å². The number of carbonyl (C=O) groups is 1. The Labute approximate surface area is 99.8 Å². The molecule has 1 aliphatic rings. The number of hydrogen-bond donors (Lipinski definition) is 1. The third kappa shape index (κ3) is 2.23. The van der Waals surface area contributed by atoms with Gasteiger partial charge in [-0.15, -0.1) is 0 Å². The van der Waals surface area contributed by atoms with Crippen LogP contribution in [0.1, 0.15) is 30.1 Å². The highest BCUT2D eigenvalue weighted by Crippen LogP contribution is 2.28. The molecular formula is C12H16FN3O. The lowest BCUT2D eigenvalue weighted by molar-refractivity contribution is 0.0748. The van der Waals surface area contributed by atoms with E-state index in [2.05, 4.69) is 10.3 Å². The summed E-state index contributed by atoms with van der Waals surface area (Å²) >= 11 is 0. The first-order chi connectivity index (χ1) is 8.19. The van der Waals surface area contributed by atoms with Gasteiger partial charge in [0, 0.05) is 25.8 Å². The molecule has 0 atom stereocenters. The van der Waals surface area contributed by atoms with Crippen molar-refractivity contribution >= 4 is 11.7 Å². The Morgan fingerprint density at radius 3 is 2.88 bits per heavy atom. The minimum Gasteiger partial charge on any atom is -0.371 e. The number of hydrogen-bond acceptors (Lipinski definition) is 3. The molecule has 5 heteroatoms. The molecule has 1 N–H and O–H groups in total. The van der Waals surface area contributed by atoms with Crippen molar-refractivity contribution in [3.63, 3.8) is 0 Å². The molecule has 0 radical (unpaired) electrons. The lowest BCUT2D eigenvalue weighted by Gasteiger charge is -2.20. The first-order valence-corrected chi connectivity index (χ1v) is 5.82. The normalized spacial score (nSPS) is 14.5. The van der Waals surface area contributed by atoms with Crippen LogP contribution in [0.3, 0.4) is 0 Å². The van der Waals surface area contributed by atoms with Crippen molar-refractivity contribution in [1.82, 2.24) is 9.88 Å². The van der Waals surface area contributed by atoms with Crippen LogP contribution in [0, 0.1) is 5.82 Å². The van der Waals surface area contributed by atoms with Gasteiger partial charge in [-0.1, -0.05) is 0 Å². The summed E-state index contributed by atoms with van der Waals surface area (Å²) in [6, 6.07) is 1.72. The fourth-order valence-corrected chi connectivity index (χ4v) is 1.89. The molecule has 0 bridgehead atoms. The van der Waals surface area contributed by atoms with Crippen molar-refractivity contribution in [3.8, 4) is 0 Å². The first-order valence-electron chi connectivity index (χ1n) is 5.82. The van der Waals surface area contributed by atoms with Crippen LogP contribution in [0.15, 0.2) is 12.3 Å². The zero-order valence-corrected chi connectivity index (χ0v) is 10.0. The molecule has 92 valence electrons. The van der Waals surface area contributed by atoms with Crippen LogP contribution in [0.25, 0.3) is 0 Å². The van der Waals surface area contributed by atoms with Gasteiger partial charge in [0.05, 0.1) is 5.56 Å². The van der Waals surface area contributed by atoms with Gasteiger partial charge in [-0.25, -0.2) is 9.37 Å². The fourth-order valence-electron chi connectivity index (χ4n) is 1.89. The van der Waals surface area contributed by atoms with Crippen molar-refractivity contribution in [1.29, 1.82) is 0 Å². The minimum absolute atomic E-state index is 0.0955. The summed E-state index contributed by atoms with van der Waals surface area (Å²) in [4.78, 5) is 17.7. The van der Waals surface area contributed by atoms with Gasteiger partial charge in [0.1, 0.15) is 0 Å². The Bertz CT molecular complexity index is 432. The van der Waals surface area contributed by atoms with E-state index in [4.69, 9.17) is 0 Å². The molecule has 1 aromatic heterocycles. The van der Waals surface area contributed by atoms with Crippen LogP contribution in [-0.4, -0.2) is 35.4 Å². The maximum absolute atomic E-state index is 13.9. The predicted octanol–water partition coefficient (Wildman–Crippen LogP) is 1.89. The Balaban J connectivity index is 2.29. The van der Waals surface area contributed by atoms with E-state index in [0.717, 1.165) is 12.8 Å². The molecule has 0 aliphatic heterocycles. The number of nitrogens with one attached hydrogen (secondary N) is 1. The van der Waals surface area contributed by atoms with Gasteiger partial charge in [0.25, 0.3) is 5.91 Å². The fraction of sp³-hybridized carbons (Fsp3) is 0.500. The summed E-state index contributed by atoms with van der Waals surface area (Å²) in [6.45, 7) is 2.52. The lowest BCUT2D eigenvalue weighted by Crippen LogP contribution is -2.33. The third-order valence-corrected chi connectivity index (χ3v) is 2.95. The molecule has 0 saturated heterocycles. The summed E-state index contributed by atoms with van der Waals surface area (Å²) in [5.74, 6) is -0.701. The summed E-state index contributed by atoms with van der Waals surface area (Å²) in [5.41, 5.74) is 0.0955. The molecular weight excluding hydrogens is 221 g/mol. The predicted molar refractivity (Wildman–Crippen MR) is 63.5 cm³/mol. The molecule has 1 aliphatic carbocycles. The molecule has 2 rings (SSSR count). The second-order valence-corrected chi connectivity index (χ2v) is 4.09. The lowest BCUT2D eigenvalue weighted by atomic mass is 10.2. The Kier molecular flexibility index (Phi) is 3.26. The van der Waals surface area contributed by atoms with Gasteiger partial charge >= 0.3 is 0 Å². The van der Waals surface area contributed by atoms with Crippen LogP contribution in [0.4, 0.5) is 10.2 Å². The molecule has 17 heavy (non-hydrogen) atoms. The van der Waals surface area contributed by atoms with Gasteiger partial charge in [0.2, 0.25) is 0 Å². The maximum Gasteiger partial charge on any atom is 0.257 e. The van der Waals surface area contributed by atoms with Gasteiger partial charge in [-0.3, -0.25) is 4.79 Å². The molecule has 0 spiro atoms. The smallest absolute Gasteiger partial charge is 0.257 e. The highest BCUT2D eigenvalue weighted by atomic mass is 19.1. The number of carbonyl (C=O) groups excluding carboxylic acids is 1. The molecule has 1 saturated carbocycles. The van der Waals surface area contributed by atoms with E-state index < -0.39 is 5.82 Å². The third-order valence-electron chi connectivity index (χ3n) is 2.95. The molecule has 1 fully saturated rings. The van der Waals surface area contributed by atoms with Gasteiger partial charge < -0.3 is 10.2 Å². The van der Waals surface area contributed by atoms with Gasteiger partial charge in [0.15, 0.2) is 11.6 Å². The van der Waals surface area contributed by atoms with Crippen molar-refractivity contribution in [2.24, 2.45) is 0 Å². The van der Waals surface area contributed by atoms with Crippen LogP contribution in [0.5, 0.6) is 0 Å². The van der Waals surface area contributed by atoms with Crippen molar-refractivity contribution in [3.05, 3.63) is 23.6 Å². The highest BCUT2D eigenvalue weighted by Gasteiger charge is 2.33. The molecule has 1 heterocycles. The van der Waals surface area contributed by atoms with Crippen molar-refractivity contribution in [2.75, 3.05) is 18.9 Å². The first kappa shape index (κ1) is 11.8. The minimum atomic E-state index is -0.570. The van der Waals surface area contributed by atoms with Crippen LogP contribution in [0.2, 0.25) is 0 Å². The average Bonchev–Trinajstić information content (AvgIpc) is 3.14. The quantitative estimate of drug-likeness (QED) is 0.869. The number of amides is 1. The number of aromatic nitrogens is 1. The van der Waals surface area contributed by atoms with E-state index in [1.54, 1.807) is 11.9 Å². The maximum atomic E-state index is 13.9. The highest BCUT2D eigenvalue weighted by molar-refractivity contribution is 5.95. The number of rotatable bonds is 4.